The van der Waals surface area contributed by atoms with Crippen LogP contribution in [-0.2, 0) is 0 Å². The van der Waals surface area contributed by atoms with Gasteiger partial charge in [-0.3, -0.25) is 10.1 Å². The van der Waals surface area contributed by atoms with Gasteiger partial charge in [0.1, 0.15) is 24.2 Å². The Bertz CT molecular complexity index is 551. The predicted molar refractivity (Wildman–Crippen MR) is 62.0 cm³/mol. The van der Waals surface area contributed by atoms with Crippen LogP contribution < -0.4 is 5.32 Å². The number of anilines is 1. The van der Waals surface area contributed by atoms with Gasteiger partial charge in [0.05, 0.1) is 11.1 Å². The molecule has 94 valence electrons. The number of hydrogen-bond donors (Lipinski definition) is 1. The molecule has 2 aromatic rings. The van der Waals surface area contributed by atoms with E-state index < -0.39 is 4.92 Å². The van der Waals surface area contributed by atoms with Crippen LogP contribution in [0.5, 0.6) is 0 Å². The summed E-state index contributed by atoms with van der Waals surface area (Å²) in [5, 5.41) is 13.4. The zero-order chi connectivity index (χ0) is 13.1. The number of rotatable bonds is 4. The second-order valence-electron chi connectivity index (χ2n) is 3.70. The molecule has 0 spiro atoms. The molecule has 0 bridgehead atoms. The van der Waals surface area contributed by atoms with Crippen LogP contribution in [-0.4, -0.2) is 19.9 Å². The minimum atomic E-state index is -0.551. The van der Waals surface area contributed by atoms with E-state index in [1.54, 1.807) is 13.1 Å². The average molecular weight is 249 g/mol. The van der Waals surface area contributed by atoms with Gasteiger partial charge < -0.3 is 9.73 Å². The molecule has 0 saturated heterocycles. The van der Waals surface area contributed by atoms with Gasteiger partial charge in [-0.25, -0.2) is 15.0 Å². The van der Waals surface area contributed by atoms with E-state index >= 15 is 0 Å². The van der Waals surface area contributed by atoms with Crippen LogP contribution in [0.15, 0.2) is 23.0 Å². The van der Waals surface area contributed by atoms with Gasteiger partial charge in [0.15, 0.2) is 0 Å². The van der Waals surface area contributed by atoms with Crippen molar-refractivity contribution in [3.8, 4) is 0 Å². The second kappa shape index (κ2) is 4.78. The van der Waals surface area contributed by atoms with Crippen molar-refractivity contribution in [1.29, 1.82) is 0 Å². The number of hydrogen-bond acceptors (Lipinski definition) is 7. The highest BCUT2D eigenvalue weighted by molar-refractivity contribution is 5.32. The molecule has 0 saturated carbocycles. The molecule has 0 aliphatic rings. The molecule has 0 aliphatic heterocycles. The zero-order valence-corrected chi connectivity index (χ0v) is 9.82. The van der Waals surface area contributed by atoms with Crippen LogP contribution in [0.4, 0.5) is 11.6 Å². The second-order valence-corrected chi connectivity index (χ2v) is 3.70. The van der Waals surface area contributed by atoms with Gasteiger partial charge in [0.25, 0.3) is 0 Å². The summed E-state index contributed by atoms with van der Waals surface area (Å²) in [7, 11) is 0. The molecule has 8 nitrogen and oxygen atoms in total. The fourth-order valence-corrected chi connectivity index (χ4v) is 1.32. The summed E-state index contributed by atoms with van der Waals surface area (Å²) in [5.41, 5.74) is -0.153. The quantitative estimate of drug-likeness (QED) is 0.650. The summed E-state index contributed by atoms with van der Waals surface area (Å²) in [5.74, 6) is 1.50. The van der Waals surface area contributed by atoms with E-state index in [0.29, 0.717) is 11.7 Å². The van der Waals surface area contributed by atoms with Gasteiger partial charge in [0, 0.05) is 0 Å². The standard InChI is InChI=1S/C10H11N5O3/c1-6-3-11-9(18-6)7(2)14-10-12-4-8(5-13-10)15(16)17/h3-5,7H,1-2H3,(H,12,13,14). The number of nitro groups is 1. The molecule has 1 N–H and O–H groups in total. The Morgan fingerprint density at radius 2 is 2.00 bits per heavy atom. The van der Waals surface area contributed by atoms with Crippen molar-refractivity contribution in [3.05, 3.63) is 40.4 Å². The van der Waals surface area contributed by atoms with E-state index in [9.17, 15) is 10.1 Å². The highest BCUT2D eigenvalue weighted by Gasteiger charge is 2.13. The summed E-state index contributed by atoms with van der Waals surface area (Å²) in [6.07, 6.45) is 3.90. The van der Waals surface area contributed by atoms with Crippen LogP contribution >= 0.6 is 0 Å². The monoisotopic (exact) mass is 249 g/mol. The minimum absolute atomic E-state index is 0.153. The van der Waals surface area contributed by atoms with Crippen LogP contribution in [0.1, 0.15) is 24.6 Å². The fourth-order valence-electron chi connectivity index (χ4n) is 1.32. The summed E-state index contributed by atoms with van der Waals surface area (Å²) < 4.78 is 5.34. The highest BCUT2D eigenvalue weighted by atomic mass is 16.6. The third-order valence-electron chi connectivity index (χ3n) is 2.20. The predicted octanol–water partition coefficient (Wildman–Crippen LogP) is 1.85. The maximum Gasteiger partial charge on any atom is 0.305 e. The van der Waals surface area contributed by atoms with E-state index in [4.69, 9.17) is 4.42 Å². The normalized spacial score (nSPS) is 12.1. The molecule has 1 unspecified atom stereocenters. The Kier molecular flexibility index (Phi) is 3.18. The Morgan fingerprint density at radius 1 is 1.33 bits per heavy atom. The first-order valence-corrected chi connectivity index (χ1v) is 5.21. The van der Waals surface area contributed by atoms with Crippen LogP contribution in [0.25, 0.3) is 0 Å². The first-order valence-electron chi connectivity index (χ1n) is 5.21. The lowest BCUT2D eigenvalue weighted by Gasteiger charge is -2.09. The molecule has 2 aromatic heterocycles. The maximum atomic E-state index is 10.4. The van der Waals surface area contributed by atoms with E-state index in [2.05, 4.69) is 20.3 Å². The van der Waals surface area contributed by atoms with Gasteiger partial charge in [-0.05, 0) is 13.8 Å². The van der Waals surface area contributed by atoms with Crippen molar-refractivity contribution < 1.29 is 9.34 Å². The first kappa shape index (κ1) is 12.0. The first-order chi connectivity index (χ1) is 8.56. The van der Waals surface area contributed by atoms with Gasteiger partial charge in [0.2, 0.25) is 11.8 Å². The summed E-state index contributed by atoms with van der Waals surface area (Å²) in [4.78, 5) is 21.6. The summed E-state index contributed by atoms with van der Waals surface area (Å²) in [6.45, 7) is 3.63. The van der Waals surface area contributed by atoms with Gasteiger partial charge in [-0.1, -0.05) is 0 Å². The number of aromatic nitrogens is 3. The molecule has 0 aliphatic carbocycles. The van der Waals surface area contributed by atoms with Gasteiger partial charge in [-0.15, -0.1) is 0 Å². The molecule has 1 atom stereocenters. The van der Waals surface area contributed by atoms with Crippen LogP contribution in [0.3, 0.4) is 0 Å². The number of nitrogens with zero attached hydrogens (tertiary/aromatic N) is 4. The lowest BCUT2D eigenvalue weighted by Crippen LogP contribution is -2.09. The molecule has 2 rings (SSSR count). The molecule has 0 radical (unpaired) electrons. The number of nitrogens with one attached hydrogen (secondary N) is 1. The molecule has 0 aromatic carbocycles. The maximum absolute atomic E-state index is 10.4. The summed E-state index contributed by atoms with van der Waals surface area (Å²) >= 11 is 0. The largest absolute Gasteiger partial charge is 0.444 e. The van der Waals surface area contributed by atoms with E-state index in [0.717, 1.165) is 12.4 Å². The molecule has 8 heteroatoms. The number of oxazole rings is 1. The highest BCUT2D eigenvalue weighted by Crippen LogP contribution is 2.17. The third kappa shape index (κ3) is 2.59. The zero-order valence-electron chi connectivity index (χ0n) is 9.82. The SMILES string of the molecule is Cc1cnc(C(C)Nc2ncc([N+](=O)[O-])cn2)o1. The molecular weight excluding hydrogens is 238 g/mol. The lowest BCUT2D eigenvalue weighted by molar-refractivity contribution is -0.385. The van der Waals surface area contributed by atoms with Gasteiger partial charge >= 0.3 is 5.69 Å². The molecule has 18 heavy (non-hydrogen) atoms. The summed E-state index contributed by atoms with van der Waals surface area (Å²) in [6, 6.07) is -0.222. The van der Waals surface area contributed by atoms with Crippen LogP contribution in [0, 0.1) is 17.0 Å². The van der Waals surface area contributed by atoms with Gasteiger partial charge in [-0.2, -0.15) is 0 Å². The van der Waals surface area contributed by atoms with E-state index in [1.165, 1.54) is 0 Å². The Balaban J connectivity index is 2.07. The Morgan fingerprint density at radius 3 is 2.50 bits per heavy atom. The fraction of sp³-hybridized carbons (Fsp3) is 0.300. The molecule has 0 amide bonds. The topological polar surface area (TPSA) is 107 Å². The van der Waals surface area contributed by atoms with E-state index in [1.807, 2.05) is 6.92 Å². The molecule has 0 fully saturated rings. The average Bonchev–Trinajstić information content (AvgIpc) is 2.76. The Hall–Kier alpha value is -2.51. The van der Waals surface area contributed by atoms with Crippen molar-refractivity contribution in [3.63, 3.8) is 0 Å². The van der Waals surface area contributed by atoms with Crippen LogP contribution in [0.2, 0.25) is 0 Å². The lowest BCUT2D eigenvalue weighted by atomic mass is 10.3. The van der Waals surface area contributed by atoms with Crippen molar-refractivity contribution in [1.82, 2.24) is 15.0 Å². The minimum Gasteiger partial charge on any atom is -0.444 e. The third-order valence-corrected chi connectivity index (χ3v) is 2.20. The number of aryl methyl sites for hydroxylation is 1. The molecule has 2 heterocycles. The van der Waals surface area contributed by atoms with E-state index in [-0.39, 0.29) is 17.7 Å². The smallest absolute Gasteiger partial charge is 0.305 e. The van der Waals surface area contributed by atoms with Crippen molar-refractivity contribution in [2.24, 2.45) is 0 Å². The van der Waals surface area contributed by atoms with Crippen molar-refractivity contribution in [2.75, 3.05) is 5.32 Å². The van der Waals surface area contributed by atoms with Crippen molar-refractivity contribution >= 4 is 11.6 Å². The Labute approximate surface area is 102 Å². The molecular formula is C10H11N5O3. The van der Waals surface area contributed by atoms with Crippen molar-refractivity contribution in [2.45, 2.75) is 19.9 Å².